The van der Waals surface area contributed by atoms with Gasteiger partial charge in [-0.15, -0.1) is 0 Å². The Balaban J connectivity index is 1.30. The Morgan fingerprint density at radius 3 is 2.45 bits per heavy atom. The molecule has 0 atom stereocenters. The fourth-order valence-electron chi connectivity index (χ4n) is 5.21. The number of fused-ring (bicyclic) bond motifs is 1. The molecule has 6 rings (SSSR count). The van der Waals surface area contributed by atoms with E-state index in [1.54, 1.807) is 31.3 Å². The first-order valence-corrected chi connectivity index (χ1v) is 13.9. The largest absolute Gasteiger partial charge is 0.491 e. The maximum absolute atomic E-state index is 15.3. The summed E-state index contributed by atoms with van der Waals surface area (Å²) in [6, 6.07) is 11.5. The second-order valence-corrected chi connectivity index (χ2v) is 10.5. The van der Waals surface area contributed by atoms with Crippen molar-refractivity contribution in [2.24, 2.45) is 0 Å². The molecule has 0 bridgehead atoms. The van der Waals surface area contributed by atoms with Gasteiger partial charge in [-0.3, -0.25) is 14.6 Å². The molecule has 3 aromatic heterocycles. The monoisotopic (exact) mass is 598 g/mol. The first kappa shape index (κ1) is 28.8. The summed E-state index contributed by atoms with van der Waals surface area (Å²) in [5.41, 5.74) is 2.50. The van der Waals surface area contributed by atoms with Crippen LogP contribution in [0.5, 0.6) is 23.1 Å². The lowest BCUT2D eigenvalue weighted by atomic mass is 9.96. The number of rotatable bonds is 8. The van der Waals surface area contributed by atoms with E-state index in [0.717, 1.165) is 18.9 Å². The Morgan fingerprint density at radius 1 is 0.977 bits per heavy atom. The van der Waals surface area contributed by atoms with Crippen molar-refractivity contribution < 1.29 is 27.8 Å². The molecular formula is C33H28F2N4O5. The number of carbonyl (C=O) groups is 1. The van der Waals surface area contributed by atoms with Crippen LogP contribution in [0.1, 0.15) is 40.5 Å². The zero-order chi connectivity index (χ0) is 31.1. The topological polar surface area (TPSA) is 105 Å². The van der Waals surface area contributed by atoms with Crippen LogP contribution in [-0.4, -0.2) is 34.7 Å². The number of nitrogens with one attached hydrogen (secondary N) is 1. The zero-order valence-corrected chi connectivity index (χ0v) is 24.4. The minimum Gasteiger partial charge on any atom is -0.491 e. The smallest absolute Gasteiger partial charge is 0.261 e. The highest BCUT2D eigenvalue weighted by molar-refractivity contribution is 6.05. The molecule has 2 aromatic carbocycles. The second-order valence-electron chi connectivity index (χ2n) is 10.5. The van der Waals surface area contributed by atoms with Gasteiger partial charge >= 0.3 is 0 Å². The molecule has 9 nitrogen and oxygen atoms in total. The highest BCUT2D eigenvalue weighted by Crippen LogP contribution is 2.38. The molecule has 1 saturated carbocycles. The van der Waals surface area contributed by atoms with E-state index < -0.39 is 23.0 Å². The lowest BCUT2D eigenvalue weighted by molar-refractivity contribution is 0.102. The number of carbonyl (C=O) groups excluding carboxylic acids is 1. The van der Waals surface area contributed by atoms with E-state index in [0.29, 0.717) is 39.2 Å². The standard InChI is InChI=1S/C33H28F2N4O5/c1-17-13-19(34)5-9-22(17)29-18(2)39(21-7-8-21)16-23(31(29)40)32(41)37-20-6-10-26(24(35)14-20)44-27-11-12-36-25-15-28(42-3)33(43-4)38-30(25)27/h5-6,9-16,21H,7-8H2,1-4H3,(H,37,41). The number of pyridine rings is 3. The Labute approximate surface area is 251 Å². The van der Waals surface area contributed by atoms with Gasteiger partial charge in [0.2, 0.25) is 5.43 Å². The normalized spacial score (nSPS) is 12.7. The maximum atomic E-state index is 15.3. The average Bonchev–Trinajstić information content (AvgIpc) is 3.84. The highest BCUT2D eigenvalue weighted by Gasteiger charge is 2.29. The average molecular weight is 599 g/mol. The Kier molecular flexibility index (Phi) is 7.46. The van der Waals surface area contributed by atoms with E-state index in [2.05, 4.69) is 15.3 Å². The number of halogens is 2. The van der Waals surface area contributed by atoms with Crippen molar-refractivity contribution in [1.82, 2.24) is 14.5 Å². The number of aromatic nitrogens is 3. The van der Waals surface area contributed by atoms with Crippen LogP contribution in [0.15, 0.2) is 65.7 Å². The minimum absolute atomic E-state index is 0.0966. The Bertz CT molecular complexity index is 2010. The van der Waals surface area contributed by atoms with Crippen molar-refractivity contribution in [2.45, 2.75) is 32.7 Å². The van der Waals surface area contributed by atoms with Gasteiger partial charge in [0.25, 0.3) is 11.8 Å². The van der Waals surface area contributed by atoms with Crippen LogP contribution in [0.25, 0.3) is 22.2 Å². The molecule has 5 aromatic rings. The fraction of sp³-hybridized carbons (Fsp3) is 0.212. The van der Waals surface area contributed by atoms with Crippen LogP contribution in [-0.2, 0) is 0 Å². The Hall–Kier alpha value is -5.32. The number of hydrogen-bond acceptors (Lipinski definition) is 7. The summed E-state index contributed by atoms with van der Waals surface area (Å²) in [7, 11) is 2.93. The van der Waals surface area contributed by atoms with Crippen LogP contribution in [0, 0.1) is 25.5 Å². The van der Waals surface area contributed by atoms with E-state index in [1.807, 2.05) is 11.5 Å². The molecule has 0 saturated heterocycles. The van der Waals surface area contributed by atoms with Crippen molar-refractivity contribution in [1.29, 1.82) is 0 Å². The van der Waals surface area contributed by atoms with Crippen LogP contribution in [0.2, 0.25) is 0 Å². The van der Waals surface area contributed by atoms with Gasteiger partial charge in [0.1, 0.15) is 16.9 Å². The molecule has 1 fully saturated rings. The summed E-state index contributed by atoms with van der Waals surface area (Å²) in [4.78, 5) is 35.8. The van der Waals surface area contributed by atoms with E-state index in [9.17, 15) is 14.0 Å². The summed E-state index contributed by atoms with van der Waals surface area (Å²) >= 11 is 0. The van der Waals surface area contributed by atoms with E-state index in [1.165, 1.54) is 44.7 Å². The lowest BCUT2D eigenvalue weighted by Gasteiger charge is -2.18. The van der Waals surface area contributed by atoms with Gasteiger partial charge in [0.05, 0.1) is 19.7 Å². The van der Waals surface area contributed by atoms with E-state index in [-0.39, 0.29) is 34.7 Å². The van der Waals surface area contributed by atoms with Gasteiger partial charge in [-0.2, -0.15) is 0 Å². The SMILES string of the molecule is COc1cc2nccc(Oc3ccc(NC(=O)c4cn(C5CC5)c(C)c(-c5ccc(F)cc5C)c4=O)cc3F)c2nc1OC. The fourth-order valence-corrected chi connectivity index (χ4v) is 5.21. The summed E-state index contributed by atoms with van der Waals surface area (Å²) in [5, 5.41) is 2.64. The van der Waals surface area contributed by atoms with Crippen molar-refractivity contribution in [2.75, 3.05) is 19.5 Å². The molecule has 0 unspecified atom stereocenters. The highest BCUT2D eigenvalue weighted by atomic mass is 19.1. The number of aryl methyl sites for hydroxylation is 1. The number of methoxy groups -OCH3 is 2. The molecule has 44 heavy (non-hydrogen) atoms. The summed E-state index contributed by atoms with van der Waals surface area (Å²) in [5.74, 6) is -1.15. The summed E-state index contributed by atoms with van der Waals surface area (Å²) in [6.07, 6.45) is 4.88. The van der Waals surface area contributed by atoms with Crippen molar-refractivity contribution in [3.8, 4) is 34.3 Å². The van der Waals surface area contributed by atoms with Crippen LogP contribution >= 0.6 is 0 Å². The third-order valence-corrected chi connectivity index (χ3v) is 7.56. The van der Waals surface area contributed by atoms with Crippen molar-refractivity contribution >= 4 is 22.6 Å². The molecule has 1 amide bonds. The lowest BCUT2D eigenvalue weighted by Crippen LogP contribution is -2.26. The molecule has 1 aliphatic carbocycles. The molecule has 11 heteroatoms. The third kappa shape index (κ3) is 5.32. The molecular weight excluding hydrogens is 570 g/mol. The van der Waals surface area contributed by atoms with E-state index >= 15 is 4.39 Å². The van der Waals surface area contributed by atoms with E-state index in [4.69, 9.17) is 14.2 Å². The zero-order valence-electron chi connectivity index (χ0n) is 24.4. The second kappa shape index (κ2) is 11.4. The van der Waals surface area contributed by atoms with Gasteiger partial charge < -0.3 is 24.1 Å². The molecule has 0 aliphatic heterocycles. The Morgan fingerprint density at radius 2 is 1.77 bits per heavy atom. The van der Waals surface area contributed by atoms with Crippen LogP contribution in [0.3, 0.4) is 0 Å². The maximum Gasteiger partial charge on any atom is 0.261 e. The molecule has 0 radical (unpaired) electrons. The van der Waals surface area contributed by atoms with Crippen molar-refractivity contribution in [3.63, 3.8) is 0 Å². The summed E-state index contributed by atoms with van der Waals surface area (Å²) < 4.78 is 47.4. The molecule has 3 heterocycles. The van der Waals surface area contributed by atoms with Gasteiger partial charge in [-0.05, 0) is 62.1 Å². The number of nitrogens with zero attached hydrogens (tertiary/aromatic N) is 3. The molecule has 224 valence electrons. The molecule has 1 N–H and O–H groups in total. The molecule has 1 aliphatic rings. The number of amides is 1. The summed E-state index contributed by atoms with van der Waals surface area (Å²) in [6.45, 7) is 3.54. The first-order valence-electron chi connectivity index (χ1n) is 13.9. The number of hydrogen-bond donors (Lipinski definition) is 1. The molecule has 0 spiro atoms. The quantitative estimate of drug-likeness (QED) is 0.211. The number of benzene rings is 2. The van der Waals surface area contributed by atoms with Crippen LogP contribution in [0.4, 0.5) is 14.5 Å². The van der Waals surface area contributed by atoms with Gasteiger partial charge in [0, 0.05) is 53.6 Å². The predicted molar refractivity (Wildman–Crippen MR) is 161 cm³/mol. The van der Waals surface area contributed by atoms with Gasteiger partial charge in [-0.1, -0.05) is 6.07 Å². The predicted octanol–water partition coefficient (Wildman–Crippen LogP) is 6.75. The number of anilines is 1. The van der Waals surface area contributed by atoms with Crippen LogP contribution < -0.4 is 25.0 Å². The number of ether oxygens (including phenoxy) is 3. The third-order valence-electron chi connectivity index (χ3n) is 7.56. The minimum atomic E-state index is -0.754. The van der Waals surface area contributed by atoms with Crippen molar-refractivity contribution in [3.05, 3.63) is 99.6 Å². The first-order chi connectivity index (χ1) is 21.2. The van der Waals surface area contributed by atoms with Gasteiger partial charge in [0.15, 0.2) is 23.1 Å². The van der Waals surface area contributed by atoms with Gasteiger partial charge in [-0.25, -0.2) is 13.8 Å².